The Labute approximate surface area is 206 Å². The molecule has 0 bridgehead atoms. The normalized spacial score (nSPS) is 11.6. The molecule has 4 aromatic rings. The average Bonchev–Trinajstić information content (AvgIpc) is 3.42. The molecular formula is C26H25F3N6O. The molecule has 1 N–H and O–H groups in total. The quantitative estimate of drug-likeness (QED) is 0.381. The van der Waals surface area contributed by atoms with E-state index in [0.29, 0.717) is 36.3 Å². The second-order valence-corrected chi connectivity index (χ2v) is 8.53. The van der Waals surface area contributed by atoms with Crippen molar-refractivity contribution in [3.8, 4) is 23.6 Å². The van der Waals surface area contributed by atoms with Gasteiger partial charge >= 0.3 is 6.18 Å². The van der Waals surface area contributed by atoms with E-state index in [0.717, 1.165) is 16.7 Å². The van der Waals surface area contributed by atoms with Crippen LogP contribution >= 0.6 is 0 Å². The number of carbonyl (C=O) groups excluding carboxylic acids is 1. The van der Waals surface area contributed by atoms with Crippen LogP contribution < -0.4 is 5.32 Å². The molecule has 0 atom stereocenters. The van der Waals surface area contributed by atoms with Crippen molar-refractivity contribution in [1.29, 1.82) is 0 Å². The molecule has 0 aliphatic heterocycles. The minimum absolute atomic E-state index is 0.0328. The highest BCUT2D eigenvalue weighted by Crippen LogP contribution is 2.36. The number of hydrogen-bond donors (Lipinski definition) is 1. The summed E-state index contributed by atoms with van der Waals surface area (Å²) in [4.78, 5) is 21.3. The number of benzene rings is 1. The van der Waals surface area contributed by atoms with E-state index in [1.54, 1.807) is 16.8 Å². The van der Waals surface area contributed by atoms with Crippen LogP contribution in [-0.4, -0.2) is 36.6 Å². The molecule has 3 aromatic heterocycles. The van der Waals surface area contributed by atoms with Crippen LogP contribution in [0, 0.1) is 26.2 Å². The maximum Gasteiger partial charge on any atom is 0.435 e. The van der Waals surface area contributed by atoms with Crippen molar-refractivity contribution in [2.75, 3.05) is 6.54 Å². The van der Waals surface area contributed by atoms with Gasteiger partial charge in [-0.05, 0) is 37.0 Å². The van der Waals surface area contributed by atoms with E-state index in [9.17, 15) is 18.0 Å². The van der Waals surface area contributed by atoms with Gasteiger partial charge in [0.15, 0.2) is 11.3 Å². The molecule has 0 aliphatic rings. The summed E-state index contributed by atoms with van der Waals surface area (Å²) in [7, 11) is 0. The third-order valence-corrected chi connectivity index (χ3v) is 5.80. The summed E-state index contributed by atoms with van der Waals surface area (Å²) in [5.74, 6) is 2.15. The molecule has 0 fully saturated rings. The number of fused-ring (bicyclic) bond motifs is 1. The van der Waals surface area contributed by atoms with Crippen LogP contribution in [0.15, 0.2) is 36.9 Å². The fourth-order valence-corrected chi connectivity index (χ4v) is 4.39. The second-order valence-electron chi connectivity index (χ2n) is 8.53. The first-order valence-electron chi connectivity index (χ1n) is 11.4. The zero-order chi connectivity index (χ0) is 26.0. The molecule has 36 heavy (non-hydrogen) atoms. The Morgan fingerprint density at radius 2 is 1.92 bits per heavy atom. The summed E-state index contributed by atoms with van der Waals surface area (Å²) >= 11 is 0. The van der Waals surface area contributed by atoms with Gasteiger partial charge in [0.05, 0.1) is 29.7 Å². The second kappa shape index (κ2) is 9.85. The first kappa shape index (κ1) is 25.0. The van der Waals surface area contributed by atoms with Crippen molar-refractivity contribution in [3.63, 3.8) is 0 Å². The van der Waals surface area contributed by atoms with Gasteiger partial charge in [-0.3, -0.25) is 18.9 Å². The zero-order valence-corrected chi connectivity index (χ0v) is 20.1. The van der Waals surface area contributed by atoms with E-state index in [2.05, 4.69) is 26.3 Å². The number of rotatable bonds is 7. The van der Waals surface area contributed by atoms with Crippen LogP contribution in [0.5, 0.6) is 0 Å². The van der Waals surface area contributed by atoms with Gasteiger partial charge < -0.3 is 5.32 Å². The number of nitrogens with zero attached hydrogens (tertiary/aromatic N) is 5. The number of halogens is 3. The maximum absolute atomic E-state index is 13.7. The minimum Gasteiger partial charge on any atom is -0.341 e. The molecule has 0 unspecified atom stereocenters. The number of terminal acetylenes is 1. The maximum atomic E-state index is 13.7. The number of amides is 1. The molecule has 1 aromatic carbocycles. The summed E-state index contributed by atoms with van der Waals surface area (Å²) in [5, 5.41) is 6.45. The number of aryl methyl sites for hydroxylation is 3. The Hall–Kier alpha value is -4.13. The van der Waals surface area contributed by atoms with Crippen molar-refractivity contribution in [3.05, 3.63) is 70.6 Å². The highest BCUT2D eigenvalue weighted by Gasteiger charge is 2.38. The molecule has 0 spiro atoms. The van der Waals surface area contributed by atoms with Crippen molar-refractivity contribution < 1.29 is 18.0 Å². The third-order valence-electron chi connectivity index (χ3n) is 5.80. The first-order chi connectivity index (χ1) is 17.1. The minimum atomic E-state index is -4.60. The summed E-state index contributed by atoms with van der Waals surface area (Å²) in [6, 6.07) is 3.78. The van der Waals surface area contributed by atoms with E-state index < -0.39 is 11.9 Å². The van der Waals surface area contributed by atoms with Gasteiger partial charge in [-0.15, -0.1) is 6.42 Å². The lowest BCUT2D eigenvalue weighted by Gasteiger charge is -2.12. The van der Waals surface area contributed by atoms with Crippen molar-refractivity contribution in [2.45, 2.75) is 46.3 Å². The summed E-state index contributed by atoms with van der Waals surface area (Å²) in [6.07, 6.45) is 7.63. The van der Waals surface area contributed by atoms with Gasteiger partial charge in [0.1, 0.15) is 0 Å². The molecule has 186 valence electrons. The van der Waals surface area contributed by atoms with Crippen LogP contribution in [0.3, 0.4) is 0 Å². The molecule has 0 saturated carbocycles. The average molecular weight is 495 g/mol. The van der Waals surface area contributed by atoms with Crippen molar-refractivity contribution in [2.24, 2.45) is 0 Å². The van der Waals surface area contributed by atoms with E-state index in [1.165, 1.54) is 17.1 Å². The molecule has 0 saturated heterocycles. The van der Waals surface area contributed by atoms with Gasteiger partial charge in [0.2, 0.25) is 0 Å². The topological polar surface area (TPSA) is 77.1 Å². The van der Waals surface area contributed by atoms with Crippen LogP contribution in [0.2, 0.25) is 0 Å². The molecule has 0 aliphatic carbocycles. The SMILES string of the molecule is C#CCNC(=O)c1c(C)cc(Cc2nccn3c(-c4cn(CCC)nc4C(F)(F)F)cnc23)cc1C. The van der Waals surface area contributed by atoms with E-state index >= 15 is 0 Å². The lowest BCUT2D eigenvalue weighted by Crippen LogP contribution is -2.25. The molecule has 1 amide bonds. The lowest BCUT2D eigenvalue weighted by atomic mass is 9.96. The molecule has 4 rings (SSSR count). The van der Waals surface area contributed by atoms with E-state index in [1.807, 2.05) is 32.9 Å². The molecule has 3 heterocycles. The standard InChI is InChI=1S/C26H25F3N6O/c1-5-7-31-25(36)22-16(3)11-18(12-17(22)4)13-20-24-32-14-21(35(24)10-8-30-20)19-15-34(9-6-2)33-23(19)26(27,28)29/h1,8,10-12,14-15H,6-7,9,13H2,2-4H3,(H,31,36). The largest absolute Gasteiger partial charge is 0.435 e. The number of alkyl halides is 3. The Morgan fingerprint density at radius 1 is 1.19 bits per heavy atom. The Balaban J connectivity index is 1.72. The van der Waals surface area contributed by atoms with Gasteiger partial charge in [0.25, 0.3) is 5.91 Å². The Kier molecular flexibility index (Phi) is 6.84. The van der Waals surface area contributed by atoms with E-state index in [4.69, 9.17) is 6.42 Å². The molecule has 10 heteroatoms. The predicted molar refractivity (Wildman–Crippen MR) is 129 cm³/mol. The third kappa shape index (κ3) is 4.82. The van der Waals surface area contributed by atoms with Crippen LogP contribution in [-0.2, 0) is 19.1 Å². The zero-order valence-electron chi connectivity index (χ0n) is 20.1. The number of imidazole rings is 1. The predicted octanol–water partition coefficient (Wildman–Crippen LogP) is 4.59. The van der Waals surface area contributed by atoms with Crippen LogP contribution in [0.1, 0.15) is 51.8 Å². The molecule has 7 nitrogen and oxygen atoms in total. The Bertz CT molecular complexity index is 1450. The highest BCUT2D eigenvalue weighted by molar-refractivity contribution is 5.97. The number of aromatic nitrogens is 5. The van der Waals surface area contributed by atoms with E-state index in [-0.39, 0.29) is 23.7 Å². The first-order valence-corrected chi connectivity index (χ1v) is 11.4. The summed E-state index contributed by atoms with van der Waals surface area (Å²) in [5.41, 5.74) is 3.40. The van der Waals surface area contributed by atoms with Crippen LogP contribution in [0.25, 0.3) is 16.9 Å². The fraction of sp³-hybridized carbons (Fsp3) is 0.308. The van der Waals surface area contributed by atoms with Crippen molar-refractivity contribution in [1.82, 2.24) is 29.5 Å². The smallest absolute Gasteiger partial charge is 0.341 e. The number of hydrogen-bond acceptors (Lipinski definition) is 4. The summed E-state index contributed by atoms with van der Waals surface area (Å²) in [6.45, 7) is 6.08. The highest BCUT2D eigenvalue weighted by atomic mass is 19.4. The van der Waals surface area contributed by atoms with Gasteiger partial charge in [-0.2, -0.15) is 18.3 Å². The van der Waals surface area contributed by atoms with Crippen LogP contribution in [0.4, 0.5) is 13.2 Å². The van der Waals surface area contributed by atoms with Gasteiger partial charge in [-0.25, -0.2) is 4.98 Å². The van der Waals surface area contributed by atoms with Gasteiger partial charge in [0, 0.05) is 37.1 Å². The van der Waals surface area contributed by atoms with Crippen molar-refractivity contribution >= 4 is 11.6 Å². The lowest BCUT2D eigenvalue weighted by molar-refractivity contribution is -0.141. The fourth-order valence-electron chi connectivity index (χ4n) is 4.39. The number of carbonyl (C=O) groups is 1. The molecule has 0 radical (unpaired) electrons. The monoisotopic (exact) mass is 494 g/mol. The summed E-state index contributed by atoms with van der Waals surface area (Å²) < 4.78 is 44.1. The molecular weight excluding hydrogens is 469 g/mol. The number of nitrogens with one attached hydrogen (secondary N) is 1. The van der Waals surface area contributed by atoms with Gasteiger partial charge in [-0.1, -0.05) is 25.0 Å². The Morgan fingerprint density at radius 3 is 2.56 bits per heavy atom.